The Morgan fingerprint density at radius 1 is 0.857 bits per heavy atom. The summed E-state index contributed by atoms with van der Waals surface area (Å²) < 4.78 is 29.4. The molecular weight excluding hydrogens is 536 g/mol. The van der Waals surface area contributed by atoms with Crippen molar-refractivity contribution in [3.05, 3.63) is 66.2 Å². The van der Waals surface area contributed by atoms with Gasteiger partial charge in [-0.3, -0.25) is 14.4 Å². The molecule has 0 bridgehead atoms. The minimum atomic E-state index is -1.01. The SMILES string of the molecule is CCCC1OC[C@H]2O[C@@H](CC(=O)/C=C/c3ccc4ccc5cccc6ccc3c4c56)[C@H](OC(C)=O)[C@@H](OC(C)=O)[C@@H]2O1. The maximum Gasteiger partial charge on any atom is 0.303 e. The summed E-state index contributed by atoms with van der Waals surface area (Å²) in [7, 11) is 0. The largest absolute Gasteiger partial charge is 0.456 e. The quantitative estimate of drug-likeness (QED) is 0.151. The van der Waals surface area contributed by atoms with Gasteiger partial charge in [0.1, 0.15) is 18.3 Å². The first kappa shape index (κ1) is 28.3. The number of benzene rings is 4. The number of carbonyl (C=O) groups excluding carboxylic acids is 3. The Hall–Kier alpha value is -3.85. The van der Waals surface area contributed by atoms with E-state index in [4.69, 9.17) is 23.7 Å². The molecule has 6 atom stereocenters. The first-order valence-corrected chi connectivity index (χ1v) is 14.5. The van der Waals surface area contributed by atoms with Crippen LogP contribution in [0.15, 0.2) is 60.7 Å². The van der Waals surface area contributed by atoms with E-state index in [-0.39, 0.29) is 18.8 Å². The molecule has 0 saturated carbocycles. The van der Waals surface area contributed by atoms with E-state index in [0.29, 0.717) is 6.42 Å². The number of hydrogen-bond acceptors (Lipinski definition) is 8. The van der Waals surface area contributed by atoms with Gasteiger partial charge in [-0.15, -0.1) is 0 Å². The predicted octanol–water partition coefficient (Wildman–Crippen LogP) is 5.73. The third-order valence-corrected chi connectivity index (χ3v) is 8.03. The normalized spacial score (nSPS) is 26.1. The lowest BCUT2D eigenvalue weighted by molar-refractivity contribution is -0.327. The van der Waals surface area contributed by atoms with Gasteiger partial charge in [0.25, 0.3) is 0 Å². The lowest BCUT2D eigenvalue weighted by atomic mass is 9.90. The highest BCUT2D eigenvalue weighted by Gasteiger charge is 2.53. The van der Waals surface area contributed by atoms with Crippen molar-refractivity contribution in [3.63, 3.8) is 0 Å². The second-order valence-corrected chi connectivity index (χ2v) is 11.0. The molecule has 0 N–H and O–H groups in total. The van der Waals surface area contributed by atoms with Crippen LogP contribution in [0.2, 0.25) is 0 Å². The van der Waals surface area contributed by atoms with Crippen LogP contribution in [0, 0.1) is 0 Å². The summed E-state index contributed by atoms with van der Waals surface area (Å²) >= 11 is 0. The molecule has 218 valence electrons. The summed E-state index contributed by atoms with van der Waals surface area (Å²) in [5.41, 5.74) is 0.920. The molecule has 1 unspecified atom stereocenters. The number of allylic oxidation sites excluding steroid dienone is 1. The van der Waals surface area contributed by atoms with Crippen molar-refractivity contribution < 1.29 is 38.1 Å². The summed E-state index contributed by atoms with van der Waals surface area (Å²) in [5, 5.41) is 6.92. The van der Waals surface area contributed by atoms with E-state index in [1.54, 1.807) is 0 Å². The standard InChI is InChI=1S/C34H34O8/c1-4-6-29-38-18-28-33(42-29)34(40-20(3)36)32(39-19(2)35)27(41-28)17-25(37)15-13-21-9-10-24-12-11-22-7-5-8-23-14-16-26(21)31(24)30(22)23/h5,7-16,27-29,32-34H,4,6,17-18H2,1-3H3/b15-13+/t27-,28+,29?,32-,33+,34+/m0/s1. The molecule has 8 nitrogen and oxygen atoms in total. The average Bonchev–Trinajstić information content (AvgIpc) is 2.97. The fourth-order valence-corrected chi connectivity index (χ4v) is 6.27. The Balaban J connectivity index is 1.26. The highest BCUT2D eigenvalue weighted by molar-refractivity contribution is 6.24. The van der Waals surface area contributed by atoms with E-state index in [2.05, 4.69) is 48.5 Å². The second-order valence-electron chi connectivity index (χ2n) is 11.0. The summed E-state index contributed by atoms with van der Waals surface area (Å²) in [6.07, 6.45) is 0.178. The lowest BCUT2D eigenvalue weighted by Crippen LogP contribution is -2.64. The molecule has 2 fully saturated rings. The van der Waals surface area contributed by atoms with E-state index >= 15 is 0 Å². The van der Waals surface area contributed by atoms with E-state index < -0.39 is 48.7 Å². The molecule has 0 spiro atoms. The summed E-state index contributed by atoms with van der Waals surface area (Å²) in [5.74, 6) is -1.33. The Bertz CT molecular complexity index is 1640. The number of rotatable bonds is 8. The van der Waals surface area contributed by atoms with Gasteiger partial charge >= 0.3 is 11.9 Å². The van der Waals surface area contributed by atoms with Crippen LogP contribution in [0.1, 0.15) is 45.6 Å². The topological polar surface area (TPSA) is 97.4 Å². The molecule has 2 heterocycles. The molecule has 0 aromatic heterocycles. The van der Waals surface area contributed by atoms with Crippen LogP contribution in [0.4, 0.5) is 0 Å². The van der Waals surface area contributed by atoms with Gasteiger partial charge in [0.2, 0.25) is 0 Å². The highest BCUT2D eigenvalue weighted by atomic mass is 16.7. The Morgan fingerprint density at radius 3 is 2.24 bits per heavy atom. The smallest absolute Gasteiger partial charge is 0.303 e. The zero-order chi connectivity index (χ0) is 29.4. The molecule has 2 aliphatic rings. The predicted molar refractivity (Wildman–Crippen MR) is 158 cm³/mol. The fraction of sp³-hybridized carbons (Fsp3) is 0.382. The van der Waals surface area contributed by atoms with Gasteiger partial charge in [0, 0.05) is 20.3 Å². The van der Waals surface area contributed by atoms with E-state index in [1.165, 1.54) is 41.5 Å². The van der Waals surface area contributed by atoms with Gasteiger partial charge in [0.05, 0.1) is 6.61 Å². The summed E-state index contributed by atoms with van der Waals surface area (Å²) in [6.45, 7) is 4.79. The molecule has 42 heavy (non-hydrogen) atoms. The van der Waals surface area contributed by atoms with Gasteiger partial charge in [0.15, 0.2) is 24.3 Å². The summed E-state index contributed by atoms with van der Waals surface area (Å²) in [6, 6.07) is 18.8. The first-order chi connectivity index (χ1) is 20.3. The van der Waals surface area contributed by atoms with Crippen molar-refractivity contribution in [2.45, 2.75) is 76.8 Å². The van der Waals surface area contributed by atoms with Gasteiger partial charge in [-0.2, -0.15) is 0 Å². The van der Waals surface area contributed by atoms with Crippen molar-refractivity contribution in [2.24, 2.45) is 0 Å². The Morgan fingerprint density at radius 2 is 1.52 bits per heavy atom. The Labute approximate surface area is 243 Å². The molecule has 2 saturated heterocycles. The molecule has 6 rings (SSSR count). The van der Waals surface area contributed by atoms with Crippen molar-refractivity contribution >= 4 is 56.1 Å². The Kier molecular flexibility index (Phi) is 7.94. The van der Waals surface area contributed by atoms with Crippen LogP contribution >= 0.6 is 0 Å². The van der Waals surface area contributed by atoms with Crippen LogP contribution in [0.25, 0.3) is 38.4 Å². The molecule has 2 aliphatic heterocycles. The molecule has 4 aromatic carbocycles. The van der Waals surface area contributed by atoms with Gasteiger partial charge in [-0.25, -0.2) is 0 Å². The number of carbonyl (C=O) groups is 3. The van der Waals surface area contributed by atoms with E-state index in [1.807, 2.05) is 19.1 Å². The van der Waals surface area contributed by atoms with Gasteiger partial charge in [-0.05, 0) is 50.4 Å². The summed E-state index contributed by atoms with van der Waals surface area (Å²) in [4.78, 5) is 37.5. The zero-order valence-electron chi connectivity index (χ0n) is 23.9. The lowest BCUT2D eigenvalue weighted by Gasteiger charge is -2.48. The number of esters is 2. The first-order valence-electron chi connectivity index (χ1n) is 14.5. The van der Waals surface area contributed by atoms with E-state index in [0.717, 1.165) is 22.8 Å². The van der Waals surface area contributed by atoms with Gasteiger partial charge in [-0.1, -0.05) is 74.0 Å². The maximum absolute atomic E-state index is 13.3. The van der Waals surface area contributed by atoms with Crippen molar-refractivity contribution in [3.8, 4) is 0 Å². The molecular formula is C34H34O8. The number of fused-ring (bicyclic) bond motifs is 1. The maximum atomic E-state index is 13.3. The van der Waals surface area contributed by atoms with Gasteiger partial charge < -0.3 is 23.7 Å². The number of ether oxygens (including phenoxy) is 5. The van der Waals surface area contributed by atoms with Crippen molar-refractivity contribution in [1.29, 1.82) is 0 Å². The molecule has 0 amide bonds. The average molecular weight is 571 g/mol. The van der Waals surface area contributed by atoms with Crippen LogP contribution in [-0.2, 0) is 38.1 Å². The third-order valence-electron chi connectivity index (χ3n) is 8.03. The third kappa shape index (κ3) is 5.50. The molecule has 0 aliphatic carbocycles. The molecule has 8 heteroatoms. The molecule has 4 aromatic rings. The van der Waals surface area contributed by atoms with Crippen molar-refractivity contribution in [1.82, 2.24) is 0 Å². The van der Waals surface area contributed by atoms with Crippen LogP contribution in [0.5, 0.6) is 0 Å². The molecule has 0 radical (unpaired) electrons. The number of ketones is 1. The van der Waals surface area contributed by atoms with Crippen LogP contribution in [-0.4, -0.2) is 61.1 Å². The number of hydrogen-bond donors (Lipinski definition) is 0. The van der Waals surface area contributed by atoms with Crippen LogP contribution in [0.3, 0.4) is 0 Å². The highest BCUT2D eigenvalue weighted by Crippen LogP contribution is 2.37. The van der Waals surface area contributed by atoms with Crippen LogP contribution < -0.4 is 0 Å². The van der Waals surface area contributed by atoms with Crippen molar-refractivity contribution in [2.75, 3.05) is 6.61 Å². The zero-order valence-corrected chi connectivity index (χ0v) is 23.9. The van der Waals surface area contributed by atoms with E-state index in [9.17, 15) is 14.4 Å². The minimum absolute atomic E-state index is 0.0837. The minimum Gasteiger partial charge on any atom is -0.456 e. The monoisotopic (exact) mass is 570 g/mol. The fourth-order valence-electron chi connectivity index (χ4n) is 6.27. The second kappa shape index (κ2) is 11.8.